The van der Waals surface area contributed by atoms with Gasteiger partial charge in [-0.25, -0.2) is 0 Å². The second-order valence-corrected chi connectivity index (χ2v) is 6.01. The average molecular weight is 282 g/mol. The van der Waals surface area contributed by atoms with Crippen LogP contribution in [0.25, 0.3) is 0 Å². The molecule has 0 spiro atoms. The minimum Gasteiger partial charge on any atom is -0.356 e. The van der Waals surface area contributed by atoms with Crippen molar-refractivity contribution in [2.24, 2.45) is 4.99 Å². The van der Waals surface area contributed by atoms with Crippen molar-refractivity contribution in [2.75, 3.05) is 5.75 Å². The van der Waals surface area contributed by atoms with Gasteiger partial charge in [0.15, 0.2) is 5.17 Å². The van der Waals surface area contributed by atoms with Crippen LogP contribution in [0, 0.1) is 0 Å². The summed E-state index contributed by atoms with van der Waals surface area (Å²) in [7, 11) is 0. The molecule has 0 saturated carbocycles. The van der Waals surface area contributed by atoms with E-state index in [-0.39, 0.29) is 12.1 Å². The summed E-state index contributed by atoms with van der Waals surface area (Å²) in [6.45, 7) is 2.15. The molecule has 2 atom stereocenters. The van der Waals surface area contributed by atoms with Crippen molar-refractivity contribution in [3.8, 4) is 0 Å². The van der Waals surface area contributed by atoms with Gasteiger partial charge >= 0.3 is 0 Å². The molecule has 1 aliphatic heterocycles. The Kier molecular flexibility index (Phi) is 4.07. The first-order valence-electron chi connectivity index (χ1n) is 6.95. The summed E-state index contributed by atoms with van der Waals surface area (Å²) < 4.78 is 0. The smallest absolute Gasteiger partial charge is 0.157 e. The van der Waals surface area contributed by atoms with Crippen molar-refractivity contribution in [1.82, 2.24) is 5.32 Å². The van der Waals surface area contributed by atoms with E-state index in [4.69, 9.17) is 4.99 Å². The van der Waals surface area contributed by atoms with Crippen molar-refractivity contribution in [3.63, 3.8) is 0 Å². The second kappa shape index (κ2) is 6.14. The molecule has 20 heavy (non-hydrogen) atoms. The first-order chi connectivity index (χ1) is 9.88. The van der Waals surface area contributed by atoms with E-state index >= 15 is 0 Å². The molecule has 2 unspecified atom stereocenters. The zero-order valence-electron chi connectivity index (χ0n) is 11.5. The summed E-state index contributed by atoms with van der Waals surface area (Å²) in [6, 6.07) is 21.5. The first kappa shape index (κ1) is 13.3. The van der Waals surface area contributed by atoms with E-state index in [9.17, 15) is 0 Å². The van der Waals surface area contributed by atoms with E-state index in [0.717, 1.165) is 10.9 Å². The molecule has 0 radical (unpaired) electrons. The van der Waals surface area contributed by atoms with Crippen LogP contribution in [0.3, 0.4) is 0 Å². The highest BCUT2D eigenvalue weighted by Gasteiger charge is 2.30. The van der Waals surface area contributed by atoms with Gasteiger partial charge in [0.1, 0.15) is 6.04 Å². The predicted molar refractivity (Wildman–Crippen MR) is 87.1 cm³/mol. The van der Waals surface area contributed by atoms with Crippen LogP contribution < -0.4 is 5.32 Å². The lowest BCUT2D eigenvalue weighted by Crippen LogP contribution is -2.22. The highest BCUT2D eigenvalue weighted by Crippen LogP contribution is 2.37. The van der Waals surface area contributed by atoms with Crippen molar-refractivity contribution < 1.29 is 0 Å². The molecular formula is C17H18N2S. The fourth-order valence-corrected chi connectivity index (χ4v) is 3.18. The van der Waals surface area contributed by atoms with Crippen LogP contribution in [0.15, 0.2) is 65.7 Å². The SMILES string of the molecule is CCSC1=NC(c2ccccc2)C(c2ccccc2)N1. The number of nitrogens with one attached hydrogen (secondary N) is 1. The van der Waals surface area contributed by atoms with Crippen molar-refractivity contribution in [1.29, 1.82) is 0 Å². The summed E-state index contributed by atoms with van der Waals surface area (Å²) in [6.07, 6.45) is 0. The quantitative estimate of drug-likeness (QED) is 0.913. The number of rotatable bonds is 3. The molecule has 1 N–H and O–H groups in total. The van der Waals surface area contributed by atoms with E-state index in [1.54, 1.807) is 11.8 Å². The molecule has 0 aromatic heterocycles. The minimum absolute atomic E-state index is 0.160. The third-order valence-corrected chi connectivity index (χ3v) is 4.22. The average Bonchev–Trinajstić information content (AvgIpc) is 2.93. The van der Waals surface area contributed by atoms with Crippen LogP contribution in [0.4, 0.5) is 0 Å². The molecule has 2 aromatic rings. The van der Waals surface area contributed by atoms with E-state index in [1.165, 1.54) is 11.1 Å². The minimum atomic E-state index is 0.160. The Balaban J connectivity index is 1.93. The van der Waals surface area contributed by atoms with Gasteiger partial charge in [0.05, 0.1) is 6.04 Å². The molecule has 3 rings (SSSR count). The van der Waals surface area contributed by atoms with E-state index < -0.39 is 0 Å². The van der Waals surface area contributed by atoms with E-state index in [2.05, 4.69) is 72.9 Å². The highest BCUT2D eigenvalue weighted by molar-refractivity contribution is 8.13. The number of hydrogen-bond donors (Lipinski definition) is 1. The fourth-order valence-electron chi connectivity index (χ4n) is 2.51. The highest BCUT2D eigenvalue weighted by atomic mass is 32.2. The third kappa shape index (κ3) is 2.73. The summed E-state index contributed by atoms with van der Waals surface area (Å²) >= 11 is 1.77. The number of benzene rings is 2. The number of hydrogen-bond acceptors (Lipinski definition) is 3. The molecule has 2 aromatic carbocycles. The van der Waals surface area contributed by atoms with Gasteiger partial charge in [0, 0.05) is 0 Å². The predicted octanol–water partition coefficient (Wildman–Crippen LogP) is 4.18. The Morgan fingerprint density at radius 1 is 0.950 bits per heavy atom. The molecule has 0 bridgehead atoms. The summed E-state index contributed by atoms with van der Waals surface area (Å²) in [5.74, 6) is 1.04. The standard InChI is InChI=1S/C17H18N2S/c1-2-20-17-18-15(13-9-5-3-6-10-13)16(19-17)14-11-7-4-8-12-14/h3-12,15-16H,2H2,1H3,(H,18,19). The maximum atomic E-state index is 4.87. The number of thioether (sulfide) groups is 1. The van der Waals surface area contributed by atoms with Crippen LogP contribution >= 0.6 is 11.8 Å². The molecule has 1 heterocycles. The monoisotopic (exact) mass is 282 g/mol. The number of amidine groups is 1. The van der Waals surface area contributed by atoms with Crippen LogP contribution in [0.2, 0.25) is 0 Å². The lowest BCUT2D eigenvalue weighted by Gasteiger charge is -2.19. The maximum absolute atomic E-state index is 4.87. The molecule has 102 valence electrons. The molecule has 2 nitrogen and oxygen atoms in total. The lowest BCUT2D eigenvalue weighted by atomic mass is 9.95. The second-order valence-electron chi connectivity index (χ2n) is 4.76. The Labute approximate surface area is 124 Å². The van der Waals surface area contributed by atoms with Gasteiger partial charge in [-0.3, -0.25) is 4.99 Å². The van der Waals surface area contributed by atoms with Crippen molar-refractivity contribution in [2.45, 2.75) is 19.0 Å². The zero-order chi connectivity index (χ0) is 13.8. The maximum Gasteiger partial charge on any atom is 0.157 e. The Bertz CT molecular complexity index is 580. The van der Waals surface area contributed by atoms with Gasteiger partial charge in [0.2, 0.25) is 0 Å². The molecule has 0 fully saturated rings. The van der Waals surface area contributed by atoms with Gasteiger partial charge in [-0.05, 0) is 16.9 Å². The summed E-state index contributed by atoms with van der Waals surface area (Å²) in [4.78, 5) is 4.87. The van der Waals surface area contributed by atoms with Gasteiger partial charge in [-0.1, -0.05) is 79.3 Å². The molecule has 1 aliphatic rings. The largest absolute Gasteiger partial charge is 0.356 e. The van der Waals surface area contributed by atoms with E-state index in [1.807, 2.05) is 0 Å². The van der Waals surface area contributed by atoms with Crippen LogP contribution in [0.1, 0.15) is 30.1 Å². The molecule has 0 amide bonds. The Hall–Kier alpha value is -1.74. The first-order valence-corrected chi connectivity index (χ1v) is 7.94. The summed E-state index contributed by atoms with van der Waals surface area (Å²) in [5.41, 5.74) is 2.55. The lowest BCUT2D eigenvalue weighted by molar-refractivity contribution is 0.573. The van der Waals surface area contributed by atoms with Gasteiger partial charge < -0.3 is 5.32 Å². The van der Waals surface area contributed by atoms with Crippen molar-refractivity contribution in [3.05, 3.63) is 71.8 Å². The summed E-state index contributed by atoms with van der Waals surface area (Å²) in [5, 5.41) is 4.62. The van der Waals surface area contributed by atoms with Crippen LogP contribution in [-0.4, -0.2) is 10.9 Å². The Morgan fingerprint density at radius 3 is 2.15 bits per heavy atom. The van der Waals surface area contributed by atoms with Gasteiger partial charge in [0.25, 0.3) is 0 Å². The van der Waals surface area contributed by atoms with Gasteiger partial charge in [-0.2, -0.15) is 0 Å². The molecular weight excluding hydrogens is 264 g/mol. The van der Waals surface area contributed by atoms with Crippen LogP contribution in [0.5, 0.6) is 0 Å². The Morgan fingerprint density at radius 2 is 1.55 bits per heavy atom. The van der Waals surface area contributed by atoms with E-state index in [0.29, 0.717) is 0 Å². The molecule has 0 aliphatic carbocycles. The number of nitrogens with zero attached hydrogens (tertiary/aromatic N) is 1. The fraction of sp³-hybridized carbons (Fsp3) is 0.235. The zero-order valence-corrected chi connectivity index (χ0v) is 12.3. The molecule has 3 heteroatoms. The van der Waals surface area contributed by atoms with Crippen LogP contribution in [-0.2, 0) is 0 Å². The molecule has 0 saturated heterocycles. The van der Waals surface area contributed by atoms with Crippen molar-refractivity contribution >= 4 is 16.9 Å². The topological polar surface area (TPSA) is 24.4 Å². The van der Waals surface area contributed by atoms with Gasteiger partial charge in [-0.15, -0.1) is 0 Å². The number of aliphatic imine (C=N–C) groups is 1. The normalized spacial score (nSPS) is 21.4. The third-order valence-electron chi connectivity index (χ3n) is 3.43.